The number of nitrogens with one attached hydrogen (secondary N) is 2. The van der Waals surface area contributed by atoms with Crippen molar-refractivity contribution in [3.8, 4) is 44.8 Å². The molecule has 12 rings (SSSR count). The fourth-order valence-electron chi connectivity index (χ4n) is 12.1. The lowest BCUT2D eigenvalue weighted by atomic mass is 9.89. The van der Waals surface area contributed by atoms with Crippen LogP contribution in [0.2, 0.25) is 0 Å². The third-order valence-electron chi connectivity index (χ3n) is 15.9. The summed E-state index contributed by atoms with van der Waals surface area (Å²) in [5.41, 5.74) is 22.9. The Morgan fingerprint density at radius 1 is 0.541 bits per heavy atom. The number of amides is 2. The number of rotatable bonds is 6. The van der Waals surface area contributed by atoms with E-state index in [4.69, 9.17) is 19.9 Å². The molecule has 0 aliphatic carbocycles. The minimum absolute atomic E-state index is 0.00993. The van der Waals surface area contributed by atoms with Gasteiger partial charge in [-0.3, -0.25) is 9.59 Å². The van der Waals surface area contributed by atoms with Crippen LogP contribution in [0.5, 0.6) is 0 Å². The second-order valence-electron chi connectivity index (χ2n) is 21.7. The lowest BCUT2D eigenvalue weighted by molar-refractivity contribution is 0.0819. The molecule has 14 nitrogen and oxygen atoms in total. The number of aromatic nitrogens is 6. The van der Waals surface area contributed by atoms with Gasteiger partial charge in [-0.25, -0.2) is 19.9 Å². The zero-order valence-electron chi connectivity index (χ0n) is 44.6. The fraction of sp³-hybridized carbons (Fsp3) is 0.367. The predicted octanol–water partition coefficient (Wildman–Crippen LogP) is 9.35. The van der Waals surface area contributed by atoms with Crippen LogP contribution in [0.3, 0.4) is 0 Å². The van der Waals surface area contributed by atoms with Crippen molar-refractivity contribution < 1.29 is 9.59 Å². The van der Waals surface area contributed by atoms with Crippen LogP contribution in [0.25, 0.3) is 67.1 Å². The number of H-pyrrole nitrogens is 2. The molecule has 4 aliphatic rings. The molecule has 8 aromatic rings. The number of benzene rings is 4. The van der Waals surface area contributed by atoms with Gasteiger partial charge in [0.05, 0.1) is 23.8 Å². The van der Waals surface area contributed by atoms with Gasteiger partial charge in [0.15, 0.2) is 11.3 Å². The van der Waals surface area contributed by atoms with Crippen molar-refractivity contribution in [3.05, 3.63) is 130 Å². The highest BCUT2D eigenvalue weighted by Gasteiger charge is 2.33. The van der Waals surface area contributed by atoms with E-state index < -0.39 is 0 Å². The summed E-state index contributed by atoms with van der Waals surface area (Å²) in [4.78, 5) is 64.5. The largest absolute Gasteiger partial charge is 0.366 e. The molecule has 0 radical (unpaired) electrons. The third kappa shape index (κ3) is 8.97. The molecule has 4 aliphatic heterocycles. The van der Waals surface area contributed by atoms with Crippen molar-refractivity contribution in [2.75, 3.05) is 91.4 Å². The maximum atomic E-state index is 12.5. The molecule has 2 atom stereocenters. The number of piperazine rings is 2. The Morgan fingerprint density at radius 3 is 1.34 bits per heavy atom. The number of likely N-dealkylation sites (N-methyl/N-ethyl adjacent to an activating group) is 2. The average Bonchev–Trinajstić information content (AvgIpc) is 4.02. The quantitative estimate of drug-likeness (QED) is 0.166. The van der Waals surface area contributed by atoms with E-state index >= 15 is 0 Å². The maximum absolute atomic E-state index is 12.5. The first-order valence-electron chi connectivity index (χ1n) is 26.1. The molecule has 74 heavy (non-hydrogen) atoms. The van der Waals surface area contributed by atoms with Crippen molar-refractivity contribution in [2.24, 2.45) is 0 Å². The van der Waals surface area contributed by atoms with E-state index in [0.29, 0.717) is 23.2 Å². The Hall–Kier alpha value is -7.42. The standard InChI is InChI=1S/2C30H34N6O/c2*1-18-12-20(7-9-24(18)30(37)34(3)4)25-15-31-29-27(25)33-26(16-32-29)22-13-19(2)28-21(14-22)6-8-23-17-35(5)10-11-36(23)28/h2*7,9,12-16,23H,6,8,10-11,17H2,1-5H3,(H,31,32)/t2*23-/m10/s1. The van der Waals surface area contributed by atoms with Crippen LogP contribution < -0.4 is 9.80 Å². The molecule has 0 bridgehead atoms. The number of nitrogens with zero attached hydrogens (tertiary/aromatic N) is 10. The zero-order valence-corrected chi connectivity index (χ0v) is 44.6. The number of carbonyl (C=O) groups is 2. The SMILES string of the molecule is Cc1cc(-c2c[nH]c3ncc(-c4cc(C)c5c(c4)CC[C@@H]4CN(C)CCN54)nc23)ccc1C(=O)N(C)C.Cc1cc(-c2c[nH]c3ncc(-c4cc(C)c5c(c4)CC[C@H]4CN(C)CCN54)nc23)ccc1C(=O)N(C)C. The van der Waals surface area contributed by atoms with Crippen LogP contribution in [0.4, 0.5) is 11.4 Å². The van der Waals surface area contributed by atoms with Crippen molar-refractivity contribution in [1.82, 2.24) is 49.5 Å². The van der Waals surface area contributed by atoms with Crippen LogP contribution in [0, 0.1) is 27.7 Å². The van der Waals surface area contributed by atoms with Gasteiger partial charge in [0, 0.05) is 137 Å². The topological polar surface area (TPSA) is 137 Å². The summed E-state index contributed by atoms with van der Waals surface area (Å²) < 4.78 is 0. The normalized spacial score (nSPS) is 17.5. The molecule has 2 N–H and O–H groups in total. The van der Waals surface area contributed by atoms with Gasteiger partial charge in [0.25, 0.3) is 11.8 Å². The number of fused-ring (bicyclic) bond motifs is 8. The number of anilines is 2. The Kier molecular flexibility index (Phi) is 12.8. The molecule has 380 valence electrons. The highest BCUT2D eigenvalue weighted by atomic mass is 16.2. The minimum Gasteiger partial charge on any atom is -0.366 e. The number of carbonyl (C=O) groups excluding carboxylic acids is 2. The van der Waals surface area contributed by atoms with Crippen molar-refractivity contribution in [3.63, 3.8) is 0 Å². The Balaban J connectivity index is 0.000000159. The molecule has 8 heterocycles. The van der Waals surface area contributed by atoms with Gasteiger partial charge in [-0.05, 0) is 148 Å². The van der Waals surface area contributed by atoms with Gasteiger partial charge in [-0.1, -0.05) is 24.3 Å². The molecule has 2 fully saturated rings. The summed E-state index contributed by atoms with van der Waals surface area (Å²) in [5, 5.41) is 0. The molecule has 2 amide bonds. The number of hydrogen-bond donors (Lipinski definition) is 2. The molecule has 14 heteroatoms. The first kappa shape index (κ1) is 48.8. The summed E-state index contributed by atoms with van der Waals surface area (Å²) in [6, 6.07) is 22.3. The smallest absolute Gasteiger partial charge is 0.253 e. The van der Waals surface area contributed by atoms with Crippen molar-refractivity contribution in [2.45, 2.75) is 65.5 Å². The molecular weight excluding hydrogens is 921 g/mol. The Labute approximate surface area is 434 Å². The van der Waals surface area contributed by atoms with Crippen LogP contribution >= 0.6 is 0 Å². The molecule has 0 spiro atoms. The summed E-state index contributed by atoms with van der Waals surface area (Å²) in [7, 11) is 11.6. The van der Waals surface area contributed by atoms with Crippen LogP contribution in [-0.2, 0) is 12.8 Å². The van der Waals surface area contributed by atoms with E-state index in [2.05, 4.69) is 93.9 Å². The second kappa shape index (κ2) is 19.5. The molecular formula is C60H68N12O2. The first-order valence-corrected chi connectivity index (χ1v) is 26.1. The van der Waals surface area contributed by atoms with Crippen molar-refractivity contribution in [1.29, 1.82) is 0 Å². The van der Waals surface area contributed by atoms with Gasteiger partial charge in [0.1, 0.15) is 11.0 Å². The van der Waals surface area contributed by atoms with Gasteiger partial charge < -0.3 is 39.4 Å². The van der Waals surface area contributed by atoms with E-state index in [1.54, 1.807) is 38.0 Å². The van der Waals surface area contributed by atoms with E-state index in [-0.39, 0.29) is 11.8 Å². The lowest BCUT2D eigenvalue weighted by Gasteiger charge is -2.46. The molecule has 4 aromatic carbocycles. The van der Waals surface area contributed by atoms with Crippen molar-refractivity contribution >= 4 is 45.5 Å². The van der Waals surface area contributed by atoms with E-state index in [9.17, 15) is 9.59 Å². The number of aryl methyl sites for hydroxylation is 6. The average molecular weight is 989 g/mol. The number of aromatic amines is 2. The van der Waals surface area contributed by atoms with Crippen LogP contribution in [0.1, 0.15) is 66.9 Å². The maximum Gasteiger partial charge on any atom is 0.253 e. The molecule has 2 saturated heterocycles. The van der Waals surface area contributed by atoms with Gasteiger partial charge in [-0.15, -0.1) is 0 Å². The van der Waals surface area contributed by atoms with Crippen LogP contribution in [0.15, 0.2) is 85.5 Å². The van der Waals surface area contributed by atoms with E-state index in [1.807, 2.05) is 62.9 Å². The Bertz CT molecular complexity index is 3270. The monoisotopic (exact) mass is 989 g/mol. The summed E-state index contributed by atoms with van der Waals surface area (Å²) in [5.74, 6) is 0.0199. The summed E-state index contributed by atoms with van der Waals surface area (Å²) in [6.07, 6.45) is 12.2. The zero-order chi connectivity index (χ0) is 51.7. The fourth-order valence-corrected chi connectivity index (χ4v) is 12.1. The van der Waals surface area contributed by atoms with Gasteiger partial charge >= 0.3 is 0 Å². The van der Waals surface area contributed by atoms with E-state index in [1.165, 1.54) is 46.5 Å². The molecule has 4 aromatic heterocycles. The molecule has 0 saturated carbocycles. The van der Waals surface area contributed by atoms with Crippen LogP contribution in [-0.4, -0.2) is 155 Å². The highest BCUT2D eigenvalue weighted by molar-refractivity contribution is 5.99. The highest BCUT2D eigenvalue weighted by Crippen LogP contribution is 2.41. The molecule has 0 unspecified atom stereocenters. The summed E-state index contributed by atoms with van der Waals surface area (Å²) >= 11 is 0. The number of hydrogen-bond acceptors (Lipinski definition) is 10. The minimum atomic E-state index is 0.00993. The third-order valence-corrected chi connectivity index (χ3v) is 15.9. The predicted molar refractivity (Wildman–Crippen MR) is 298 cm³/mol. The lowest BCUT2D eigenvalue weighted by Crippen LogP contribution is -2.54. The second-order valence-corrected chi connectivity index (χ2v) is 21.7. The first-order chi connectivity index (χ1) is 35.6. The van der Waals surface area contributed by atoms with Gasteiger partial charge in [0.2, 0.25) is 0 Å². The van der Waals surface area contributed by atoms with E-state index in [0.717, 1.165) is 130 Å². The Morgan fingerprint density at radius 2 is 0.946 bits per heavy atom. The summed E-state index contributed by atoms with van der Waals surface area (Å²) in [6.45, 7) is 15.1. The van der Waals surface area contributed by atoms with Gasteiger partial charge in [-0.2, -0.15) is 0 Å².